The van der Waals surface area contributed by atoms with E-state index in [1.54, 1.807) is 11.7 Å². The quantitative estimate of drug-likeness (QED) is 0.824. The summed E-state index contributed by atoms with van der Waals surface area (Å²) in [5.41, 5.74) is 1.70. The van der Waals surface area contributed by atoms with Crippen LogP contribution in [0.3, 0.4) is 0 Å². The maximum absolute atomic E-state index is 5.01. The average molecular weight is 249 g/mol. The van der Waals surface area contributed by atoms with Crippen LogP contribution in [0, 0.1) is 6.92 Å². The van der Waals surface area contributed by atoms with Gasteiger partial charge in [-0.05, 0) is 6.92 Å². The van der Waals surface area contributed by atoms with Gasteiger partial charge in [-0.2, -0.15) is 20.1 Å². The highest BCUT2D eigenvalue weighted by Gasteiger charge is 2.09. The van der Waals surface area contributed by atoms with Crippen molar-refractivity contribution in [3.05, 3.63) is 11.9 Å². The van der Waals surface area contributed by atoms with Gasteiger partial charge in [0.25, 0.3) is 0 Å². The molecule has 0 spiro atoms. The van der Waals surface area contributed by atoms with E-state index < -0.39 is 0 Å². The second kappa shape index (κ2) is 4.86. The molecule has 18 heavy (non-hydrogen) atoms. The number of ether oxygens (including phenoxy) is 1. The molecule has 0 saturated carbocycles. The smallest absolute Gasteiger partial charge is 0.322 e. The van der Waals surface area contributed by atoms with Crippen molar-refractivity contribution in [2.75, 3.05) is 24.8 Å². The van der Waals surface area contributed by atoms with Crippen molar-refractivity contribution >= 4 is 17.6 Å². The summed E-state index contributed by atoms with van der Waals surface area (Å²) in [6.45, 7) is 1.90. The van der Waals surface area contributed by atoms with Crippen LogP contribution in [-0.2, 0) is 7.05 Å². The molecular weight excluding hydrogens is 234 g/mol. The summed E-state index contributed by atoms with van der Waals surface area (Å²) in [7, 11) is 5.09. The molecule has 0 saturated heterocycles. The Labute approximate surface area is 104 Å². The van der Waals surface area contributed by atoms with Crippen LogP contribution in [0.15, 0.2) is 6.20 Å². The number of nitrogens with one attached hydrogen (secondary N) is 2. The van der Waals surface area contributed by atoms with Crippen molar-refractivity contribution < 1.29 is 4.74 Å². The van der Waals surface area contributed by atoms with Crippen LogP contribution in [-0.4, -0.2) is 38.9 Å². The first-order valence-corrected chi connectivity index (χ1v) is 5.37. The van der Waals surface area contributed by atoms with E-state index in [1.807, 2.05) is 20.2 Å². The Hall–Kier alpha value is -2.38. The van der Waals surface area contributed by atoms with Crippen molar-refractivity contribution in [3.8, 4) is 6.01 Å². The topological polar surface area (TPSA) is 89.8 Å². The van der Waals surface area contributed by atoms with Crippen LogP contribution in [0.4, 0.5) is 17.6 Å². The first-order valence-electron chi connectivity index (χ1n) is 5.37. The highest BCUT2D eigenvalue weighted by atomic mass is 16.5. The van der Waals surface area contributed by atoms with Crippen LogP contribution in [0.25, 0.3) is 0 Å². The first kappa shape index (κ1) is 12.1. The van der Waals surface area contributed by atoms with Crippen molar-refractivity contribution in [3.63, 3.8) is 0 Å². The lowest BCUT2D eigenvalue weighted by atomic mass is 10.4. The third-order valence-corrected chi connectivity index (χ3v) is 2.28. The van der Waals surface area contributed by atoms with Crippen molar-refractivity contribution in [1.82, 2.24) is 24.7 Å². The highest BCUT2D eigenvalue weighted by Crippen LogP contribution is 2.18. The molecule has 0 atom stereocenters. The number of hydrogen-bond donors (Lipinski definition) is 2. The molecule has 0 aromatic carbocycles. The molecule has 0 unspecified atom stereocenters. The maximum Gasteiger partial charge on any atom is 0.322 e. The van der Waals surface area contributed by atoms with Gasteiger partial charge in [0.2, 0.25) is 11.9 Å². The minimum atomic E-state index is 0.249. The molecule has 2 aromatic heterocycles. The molecule has 8 heteroatoms. The molecule has 0 fully saturated rings. The number of hydrogen-bond acceptors (Lipinski definition) is 7. The fourth-order valence-electron chi connectivity index (χ4n) is 1.46. The molecule has 2 N–H and O–H groups in total. The van der Waals surface area contributed by atoms with Gasteiger partial charge in [0.15, 0.2) is 0 Å². The molecule has 96 valence electrons. The Bertz CT molecular complexity index is 529. The van der Waals surface area contributed by atoms with E-state index in [2.05, 4.69) is 30.7 Å². The summed E-state index contributed by atoms with van der Waals surface area (Å²) >= 11 is 0. The number of rotatable bonds is 4. The molecule has 2 aromatic rings. The van der Waals surface area contributed by atoms with Crippen LogP contribution in [0.2, 0.25) is 0 Å². The molecule has 0 radical (unpaired) electrons. The SMILES string of the molecule is CNc1nc(Nc2cn(C)nc2C)nc(OC)n1. The third kappa shape index (κ3) is 2.47. The van der Waals surface area contributed by atoms with Gasteiger partial charge in [-0.1, -0.05) is 0 Å². The minimum Gasteiger partial charge on any atom is -0.467 e. The molecule has 2 rings (SSSR count). The Kier molecular flexibility index (Phi) is 3.26. The van der Waals surface area contributed by atoms with Gasteiger partial charge in [0.1, 0.15) is 0 Å². The number of methoxy groups -OCH3 is 1. The molecular formula is C10H15N7O. The molecule has 2 heterocycles. The lowest BCUT2D eigenvalue weighted by Crippen LogP contribution is -2.05. The Morgan fingerprint density at radius 3 is 2.50 bits per heavy atom. The summed E-state index contributed by atoms with van der Waals surface area (Å²) in [6, 6.07) is 0.249. The second-order valence-electron chi connectivity index (χ2n) is 3.65. The summed E-state index contributed by atoms with van der Waals surface area (Å²) in [4.78, 5) is 12.3. The van der Waals surface area contributed by atoms with Gasteiger partial charge < -0.3 is 15.4 Å². The van der Waals surface area contributed by atoms with E-state index in [9.17, 15) is 0 Å². The zero-order valence-corrected chi connectivity index (χ0v) is 10.7. The van der Waals surface area contributed by atoms with E-state index in [-0.39, 0.29) is 6.01 Å². The third-order valence-electron chi connectivity index (χ3n) is 2.28. The van der Waals surface area contributed by atoms with Crippen molar-refractivity contribution in [1.29, 1.82) is 0 Å². The van der Waals surface area contributed by atoms with Gasteiger partial charge >= 0.3 is 6.01 Å². The minimum absolute atomic E-state index is 0.249. The lowest BCUT2D eigenvalue weighted by molar-refractivity contribution is 0.379. The maximum atomic E-state index is 5.01. The summed E-state index contributed by atoms with van der Waals surface area (Å²) in [5, 5.41) is 10.2. The average Bonchev–Trinajstić information content (AvgIpc) is 2.67. The zero-order chi connectivity index (χ0) is 13.1. The van der Waals surface area contributed by atoms with Gasteiger partial charge in [-0.25, -0.2) is 0 Å². The molecule has 0 amide bonds. The van der Waals surface area contributed by atoms with Gasteiger partial charge in [-0.3, -0.25) is 4.68 Å². The standard InChI is InChI=1S/C10H15N7O/c1-6-7(5-17(3)16-6)12-9-13-8(11-2)14-10(15-9)18-4/h5H,1-4H3,(H2,11,12,13,14,15). The highest BCUT2D eigenvalue weighted by molar-refractivity contribution is 5.55. The number of anilines is 3. The molecule has 0 aliphatic heterocycles. The summed E-state index contributed by atoms with van der Waals surface area (Å²) in [6.07, 6.45) is 1.85. The molecule has 0 aliphatic rings. The van der Waals surface area contributed by atoms with E-state index in [0.717, 1.165) is 11.4 Å². The zero-order valence-electron chi connectivity index (χ0n) is 10.7. The lowest BCUT2D eigenvalue weighted by Gasteiger charge is -2.06. The van der Waals surface area contributed by atoms with Gasteiger partial charge in [0.05, 0.1) is 18.5 Å². The molecule has 0 bridgehead atoms. The monoisotopic (exact) mass is 249 g/mol. The van der Waals surface area contributed by atoms with E-state index in [4.69, 9.17) is 4.74 Å². The normalized spacial score (nSPS) is 10.2. The van der Waals surface area contributed by atoms with E-state index >= 15 is 0 Å². The number of aryl methyl sites for hydroxylation is 2. The fourth-order valence-corrected chi connectivity index (χ4v) is 1.46. The number of nitrogens with zero attached hydrogens (tertiary/aromatic N) is 5. The van der Waals surface area contributed by atoms with Crippen LogP contribution < -0.4 is 15.4 Å². The predicted molar refractivity (Wildman–Crippen MR) is 67.2 cm³/mol. The van der Waals surface area contributed by atoms with Crippen molar-refractivity contribution in [2.45, 2.75) is 6.92 Å². The first-order chi connectivity index (χ1) is 8.62. The summed E-state index contributed by atoms with van der Waals surface area (Å²) < 4.78 is 6.72. The Balaban J connectivity index is 2.30. The second-order valence-corrected chi connectivity index (χ2v) is 3.65. The molecule has 8 nitrogen and oxygen atoms in total. The van der Waals surface area contributed by atoms with Crippen LogP contribution >= 0.6 is 0 Å². The van der Waals surface area contributed by atoms with Gasteiger partial charge in [-0.15, -0.1) is 0 Å². The van der Waals surface area contributed by atoms with Crippen LogP contribution in [0.5, 0.6) is 6.01 Å². The van der Waals surface area contributed by atoms with Crippen molar-refractivity contribution in [2.24, 2.45) is 7.05 Å². The largest absolute Gasteiger partial charge is 0.467 e. The van der Waals surface area contributed by atoms with Gasteiger partial charge in [0, 0.05) is 20.3 Å². The Morgan fingerprint density at radius 2 is 1.94 bits per heavy atom. The van der Waals surface area contributed by atoms with E-state index in [1.165, 1.54) is 7.11 Å². The Morgan fingerprint density at radius 1 is 1.22 bits per heavy atom. The molecule has 0 aliphatic carbocycles. The van der Waals surface area contributed by atoms with E-state index in [0.29, 0.717) is 11.9 Å². The summed E-state index contributed by atoms with van der Waals surface area (Å²) in [5.74, 6) is 0.841. The predicted octanol–water partition coefficient (Wildman–Crippen LogP) is 0.707. The van der Waals surface area contributed by atoms with Crippen LogP contribution in [0.1, 0.15) is 5.69 Å². The fraction of sp³-hybridized carbons (Fsp3) is 0.400. The number of aromatic nitrogens is 5.